The van der Waals surface area contributed by atoms with Crippen LogP contribution in [0.25, 0.3) is 0 Å². The summed E-state index contributed by atoms with van der Waals surface area (Å²) in [6.45, 7) is 4.58. The molecule has 2 atom stereocenters. The zero-order valence-electron chi connectivity index (χ0n) is 44.3. The SMILES string of the molecule is CC/C=C/C/C=C/C/C=C/C/C=C/CCCCCCCCCCCCC(=O)OCC(COCCC(C(=O)O)[N+](C)(C)C)OC(=O)CCCCCCC/C=C/C/C=C/C/C=C/C/C=C/CCCCC. The molecule has 0 aromatic rings. The highest BCUT2D eigenvalue weighted by atomic mass is 16.6. The molecular formula is C60H102NO7+. The molecule has 8 heteroatoms. The number of quaternary nitrogens is 1. The Kier molecular flexibility index (Phi) is 46.9. The second-order valence-electron chi connectivity index (χ2n) is 19.1. The summed E-state index contributed by atoms with van der Waals surface area (Å²) < 4.78 is 17.4. The maximum absolute atomic E-state index is 12.8. The van der Waals surface area contributed by atoms with Gasteiger partial charge in [0.05, 0.1) is 34.4 Å². The lowest BCUT2D eigenvalue weighted by Gasteiger charge is -2.31. The minimum absolute atomic E-state index is 0.0469. The Morgan fingerprint density at radius 2 is 0.824 bits per heavy atom. The van der Waals surface area contributed by atoms with Crippen LogP contribution in [0.15, 0.2) is 97.2 Å². The molecule has 1 N–H and O–H groups in total. The first-order chi connectivity index (χ1) is 33.1. The molecule has 0 aromatic carbocycles. The van der Waals surface area contributed by atoms with Gasteiger partial charge in [-0.2, -0.15) is 0 Å². The van der Waals surface area contributed by atoms with E-state index in [0.29, 0.717) is 19.3 Å². The molecule has 0 aliphatic rings. The molecule has 0 spiro atoms. The largest absolute Gasteiger partial charge is 0.477 e. The van der Waals surface area contributed by atoms with Gasteiger partial charge >= 0.3 is 17.9 Å². The van der Waals surface area contributed by atoms with Crippen LogP contribution in [0.1, 0.15) is 213 Å². The van der Waals surface area contributed by atoms with Crippen LogP contribution in [0.4, 0.5) is 0 Å². The summed E-state index contributed by atoms with van der Waals surface area (Å²) in [5.74, 6) is -1.50. The number of carboxylic acid groups (broad SMARTS) is 1. The average molecular weight is 949 g/mol. The van der Waals surface area contributed by atoms with E-state index in [0.717, 1.165) is 103 Å². The summed E-state index contributed by atoms with van der Waals surface area (Å²) in [7, 11) is 5.52. The van der Waals surface area contributed by atoms with Gasteiger partial charge in [-0.3, -0.25) is 9.59 Å². The van der Waals surface area contributed by atoms with Crippen LogP contribution in [-0.4, -0.2) is 80.6 Å². The van der Waals surface area contributed by atoms with Gasteiger partial charge in [0, 0.05) is 19.3 Å². The van der Waals surface area contributed by atoms with Gasteiger partial charge in [0.25, 0.3) is 0 Å². The molecule has 0 aliphatic heterocycles. The zero-order valence-corrected chi connectivity index (χ0v) is 44.3. The molecule has 0 heterocycles. The van der Waals surface area contributed by atoms with Crippen LogP contribution < -0.4 is 0 Å². The highest BCUT2D eigenvalue weighted by Crippen LogP contribution is 2.15. The Morgan fingerprint density at radius 1 is 0.456 bits per heavy atom. The number of carbonyl (C=O) groups excluding carboxylic acids is 2. The zero-order chi connectivity index (χ0) is 49.9. The van der Waals surface area contributed by atoms with Crippen molar-refractivity contribution in [3.63, 3.8) is 0 Å². The quantitative estimate of drug-likeness (QED) is 0.0281. The number of esters is 2. The minimum atomic E-state index is -0.881. The number of carbonyl (C=O) groups is 3. The number of aliphatic carboxylic acids is 1. The van der Waals surface area contributed by atoms with E-state index in [1.165, 1.54) is 77.0 Å². The predicted molar refractivity (Wildman–Crippen MR) is 289 cm³/mol. The van der Waals surface area contributed by atoms with Gasteiger partial charge in [-0.15, -0.1) is 0 Å². The van der Waals surface area contributed by atoms with Crippen molar-refractivity contribution in [3.8, 4) is 0 Å². The molecule has 388 valence electrons. The summed E-state index contributed by atoms with van der Waals surface area (Å²) in [6.07, 6.45) is 67.4. The van der Waals surface area contributed by atoms with Gasteiger partial charge in [0.1, 0.15) is 6.61 Å². The number of hydrogen-bond donors (Lipinski definition) is 1. The van der Waals surface area contributed by atoms with Crippen molar-refractivity contribution in [2.75, 3.05) is 41.0 Å². The smallest absolute Gasteiger partial charge is 0.362 e. The van der Waals surface area contributed by atoms with Crippen LogP contribution in [-0.2, 0) is 28.6 Å². The molecule has 0 rings (SSSR count). The van der Waals surface area contributed by atoms with Crippen LogP contribution in [0.2, 0.25) is 0 Å². The summed E-state index contributed by atoms with van der Waals surface area (Å²) in [4.78, 5) is 37.2. The molecule has 0 amide bonds. The van der Waals surface area contributed by atoms with Gasteiger partial charge in [-0.1, -0.05) is 195 Å². The average Bonchev–Trinajstić information content (AvgIpc) is 3.30. The fourth-order valence-electron chi connectivity index (χ4n) is 7.54. The van der Waals surface area contributed by atoms with Crippen molar-refractivity contribution in [2.24, 2.45) is 0 Å². The normalized spacial score (nSPS) is 13.6. The number of carboxylic acids is 1. The third-order valence-corrected chi connectivity index (χ3v) is 11.7. The number of likely N-dealkylation sites (N-methyl/N-ethyl adjacent to an activating group) is 1. The van der Waals surface area contributed by atoms with Gasteiger partial charge in [0.2, 0.25) is 0 Å². The third-order valence-electron chi connectivity index (χ3n) is 11.7. The van der Waals surface area contributed by atoms with Crippen LogP contribution in [0, 0.1) is 0 Å². The van der Waals surface area contributed by atoms with Gasteiger partial charge in [-0.05, 0) is 96.3 Å². The van der Waals surface area contributed by atoms with Crippen LogP contribution in [0.3, 0.4) is 0 Å². The van der Waals surface area contributed by atoms with Crippen molar-refractivity contribution in [1.29, 1.82) is 0 Å². The van der Waals surface area contributed by atoms with Crippen molar-refractivity contribution >= 4 is 17.9 Å². The monoisotopic (exact) mass is 949 g/mol. The number of ether oxygens (including phenoxy) is 3. The van der Waals surface area contributed by atoms with Crippen LogP contribution >= 0.6 is 0 Å². The van der Waals surface area contributed by atoms with Gasteiger partial charge in [0.15, 0.2) is 12.1 Å². The number of allylic oxidation sites excluding steroid dienone is 16. The predicted octanol–water partition coefficient (Wildman–Crippen LogP) is 16.2. The van der Waals surface area contributed by atoms with E-state index in [1.54, 1.807) is 0 Å². The van der Waals surface area contributed by atoms with Crippen molar-refractivity contribution in [1.82, 2.24) is 0 Å². The maximum Gasteiger partial charge on any atom is 0.362 e. The lowest BCUT2D eigenvalue weighted by molar-refractivity contribution is -0.887. The molecule has 8 nitrogen and oxygen atoms in total. The molecule has 0 fully saturated rings. The Hall–Kier alpha value is -3.75. The Labute approximate surface area is 417 Å². The van der Waals surface area contributed by atoms with E-state index in [-0.39, 0.29) is 36.2 Å². The summed E-state index contributed by atoms with van der Waals surface area (Å²) in [5, 5.41) is 9.67. The van der Waals surface area contributed by atoms with Gasteiger partial charge < -0.3 is 23.8 Å². The summed E-state index contributed by atoms with van der Waals surface area (Å²) >= 11 is 0. The second-order valence-corrected chi connectivity index (χ2v) is 19.1. The first-order valence-electron chi connectivity index (χ1n) is 27.3. The number of rotatable bonds is 48. The standard InChI is InChI=1S/C60H101NO7/c1-6-8-10-12-14-16-18-20-22-24-26-28-29-31-32-34-36-38-40-42-44-46-48-50-58(62)67-55-56(54-66-53-52-57(60(64)65)61(3,4)5)68-59(63)51-49-47-45-43-41-39-37-35-33-30-27-25-23-21-19-17-15-13-11-9-7-2/h8,10,14-17,20-23,26-28,30,35,37,56-57H,6-7,9,11-13,18-19,24-25,29,31-34,36,38-55H2,1-5H3/p+1/b10-8+,16-14+,17-15+,22-20+,23-21+,28-26+,30-27+,37-35+. The van der Waals surface area contributed by atoms with E-state index < -0.39 is 18.1 Å². The summed E-state index contributed by atoms with van der Waals surface area (Å²) in [6, 6.07) is -0.625. The molecule has 2 unspecified atom stereocenters. The third kappa shape index (κ3) is 47.3. The number of nitrogens with zero attached hydrogens (tertiary/aromatic N) is 1. The fraction of sp³-hybridized carbons (Fsp3) is 0.683. The fourth-order valence-corrected chi connectivity index (χ4v) is 7.54. The highest BCUT2D eigenvalue weighted by molar-refractivity contribution is 5.72. The molecule has 0 bridgehead atoms. The molecule has 0 aliphatic carbocycles. The molecule has 0 saturated carbocycles. The molecule has 68 heavy (non-hydrogen) atoms. The van der Waals surface area contributed by atoms with E-state index in [1.807, 2.05) is 21.1 Å². The van der Waals surface area contributed by atoms with Crippen LogP contribution in [0.5, 0.6) is 0 Å². The molecule has 0 radical (unpaired) electrons. The Balaban J connectivity index is 4.27. The number of unbranched alkanes of at least 4 members (excludes halogenated alkanes) is 18. The molecule has 0 aromatic heterocycles. The molecular weight excluding hydrogens is 847 g/mol. The van der Waals surface area contributed by atoms with Crippen molar-refractivity contribution < 1.29 is 38.2 Å². The van der Waals surface area contributed by atoms with Crippen molar-refractivity contribution in [2.45, 2.75) is 225 Å². The topological polar surface area (TPSA) is 99.1 Å². The first kappa shape index (κ1) is 64.2. The maximum atomic E-state index is 12.8. The molecule has 0 saturated heterocycles. The van der Waals surface area contributed by atoms with E-state index >= 15 is 0 Å². The highest BCUT2D eigenvalue weighted by Gasteiger charge is 2.31. The van der Waals surface area contributed by atoms with Crippen molar-refractivity contribution in [3.05, 3.63) is 97.2 Å². The Morgan fingerprint density at radius 3 is 1.22 bits per heavy atom. The van der Waals surface area contributed by atoms with E-state index in [4.69, 9.17) is 14.2 Å². The second kappa shape index (κ2) is 49.7. The first-order valence-corrected chi connectivity index (χ1v) is 27.3. The summed E-state index contributed by atoms with van der Waals surface area (Å²) in [5.41, 5.74) is 0. The van der Waals surface area contributed by atoms with E-state index in [2.05, 4.69) is 111 Å². The number of hydrogen-bond acceptors (Lipinski definition) is 6. The lowest BCUT2D eigenvalue weighted by atomic mass is 10.1. The Bertz CT molecular complexity index is 1430. The minimum Gasteiger partial charge on any atom is -0.477 e. The lowest BCUT2D eigenvalue weighted by Crippen LogP contribution is -2.50. The van der Waals surface area contributed by atoms with Gasteiger partial charge in [-0.25, -0.2) is 4.79 Å². The van der Waals surface area contributed by atoms with E-state index in [9.17, 15) is 19.5 Å².